The molecule has 0 saturated heterocycles. The number of amides is 1. The van der Waals surface area contributed by atoms with Crippen molar-refractivity contribution in [1.29, 1.82) is 0 Å². The minimum Gasteiger partial charge on any atom is -0.399 e. The summed E-state index contributed by atoms with van der Waals surface area (Å²) in [6.45, 7) is 2.16. The lowest BCUT2D eigenvalue weighted by Gasteiger charge is -2.06. The van der Waals surface area contributed by atoms with Crippen LogP contribution in [0, 0.1) is 0 Å². The molecule has 0 aliphatic heterocycles. The molecule has 0 aromatic heterocycles. The van der Waals surface area contributed by atoms with Crippen LogP contribution in [0.1, 0.15) is 23.7 Å². The number of rotatable bonds is 4. The summed E-state index contributed by atoms with van der Waals surface area (Å²) in [5.41, 5.74) is 6.72. The molecule has 0 fully saturated rings. The van der Waals surface area contributed by atoms with E-state index in [2.05, 4.69) is 5.32 Å². The van der Waals surface area contributed by atoms with Crippen molar-refractivity contribution in [2.45, 2.75) is 19.4 Å². The van der Waals surface area contributed by atoms with E-state index in [9.17, 15) is 4.79 Å². The van der Waals surface area contributed by atoms with Gasteiger partial charge in [-0.05, 0) is 37.6 Å². The molecule has 0 bridgehead atoms. The van der Waals surface area contributed by atoms with Crippen molar-refractivity contribution in [3.63, 3.8) is 0 Å². The minimum absolute atomic E-state index is 0.143. The zero-order valence-corrected chi connectivity index (χ0v) is 8.73. The van der Waals surface area contributed by atoms with Gasteiger partial charge in [0.05, 0.1) is 6.10 Å². The molecule has 4 heteroatoms. The van der Waals surface area contributed by atoms with Crippen LogP contribution in [0.2, 0.25) is 0 Å². The van der Waals surface area contributed by atoms with E-state index < -0.39 is 6.10 Å². The summed E-state index contributed by atoms with van der Waals surface area (Å²) in [4.78, 5) is 11.5. The second-order valence-corrected chi connectivity index (χ2v) is 3.52. The van der Waals surface area contributed by atoms with Gasteiger partial charge in [0.15, 0.2) is 0 Å². The number of nitrogen functional groups attached to an aromatic ring is 1. The molecule has 0 saturated carbocycles. The highest BCUT2D eigenvalue weighted by Crippen LogP contribution is 2.05. The molecule has 1 aromatic carbocycles. The van der Waals surface area contributed by atoms with Crippen molar-refractivity contribution in [2.75, 3.05) is 12.3 Å². The van der Waals surface area contributed by atoms with Crippen LogP contribution in [0.4, 0.5) is 5.69 Å². The molecule has 82 valence electrons. The Bertz CT molecular complexity index is 320. The van der Waals surface area contributed by atoms with Crippen LogP contribution in [-0.2, 0) is 0 Å². The van der Waals surface area contributed by atoms with Crippen molar-refractivity contribution in [2.24, 2.45) is 0 Å². The number of aliphatic hydroxyl groups is 1. The van der Waals surface area contributed by atoms with Crippen LogP contribution in [0.5, 0.6) is 0 Å². The molecule has 4 nitrogen and oxygen atoms in total. The predicted molar refractivity (Wildman–Crippen MR) is 59.5 cm³/mol. The van der Waals surface area contributed by atoms with Gasteiger partial charge in [-0.15, -0.1) is 0 Å². The van der Waals surface area contributed by atoms with Gasteiger partial charge in [0.1, 0.15) is 0 Å². The topological polar surface area (TPSA) is 75.3 Å². The summed E-state index contributed by atoms with van der Waals surface area (Å²) in [6, 6.07) is 6.72. The number of hydrogen-bond acceptors (Lipinski definition) is 3. The molecule has 1 unspecified atom stereocenters. The van der Waals surface area contributed by atoms with Crippen molar-refractivity contribution in [1.82, 2.24) is 5.32 Å². The average Bonchev–Trinajstić information content (AvgIpc) is 2.18. The van der Waals surface area contributed by atoms with E-state index in [1.165, 1.54) is 0 Å². The number of hydrogen-bond donors (Lipinski definition) is 3. The number of anilines is 1. The van der Waals surface area contributed by atoms with Gasteiger partial charge >= 0.3 is 0 Å². The fraction of sp³-hybridized carbons (Fsp3) is 0.364. The van der Waals surface area contributed by atoms with Crippen LogP contribution in [0.15, 0.2) is 24.3 Å². The van der Waals surface area contributed by atoms with E-state index in [1.54, 1.807) is 31.2 Å². The third-order valence-corrected chi connectivity index (χ3v) is 2.02. The maximum atomic E-state index is 11.5. The van der Waals surface area contributed by atoms with Gasteiger partial charge in [0.25, 0.3) is 5.91 Å². The Morgan fingerprint density at radius 1 is 1.47 bits per heavy atom. The summed E-state index contributed by atoms with van der Waals surface area (Å²) >= 11 is 0. The molecule has 1 amide bonds. The highest BCUT2D eigenvalue weighted by molar-refractivity contribution is 5.94. The van der Waals surface area contributed by atoms with E-state index in [0.29, 0.717) is 24.2 Å². The molecule has 0 radical (unpaired) electrons. The zero-order chi connectivity index (χ0) is 11.3. The lowest BCUT2D eigenvalue weighted by Crippen LogP contribution is -2.26. The minimum atomic E-state index is -0.392. The first kappa shape index (κ1) is 11.5. The van der Waals surface area contributed by atoms with Gasteiger partial charge in [-0.2, -0.15) is 0 Å². The Labute approximate surface area is 89.1 Å². The van der Waals surface area contributed by atoms with Crippen molar-refractivity contribution >= 4 is 11.6 Å². The maximum absolute atomic E-state index is 11.5. The number of carbonyl (C=O) groups is 1. The number of carbonyl (C=O) groups excluding carboxylic acids is 1. The van der Waals surface area contributed by atoms with Crippen molar-refractivity contribution in [3.8, 4) is 0 Å². The summed E-state index contributed by atoms with van der Waals surface area (Å²) < 4.78 is 0. The molecule has 4 N–H and O–H groups in total. The van der Waals surface area contributed by atoms with Gasteiger partial charge in [0.2, 0.25) is 0 Å². The van der Waals surface area contributed by atoms with Gasteiger partial charge in [0, 0.05) is 17.8 Å². The van der Waals surface area contributed by atoms with E-state index in [-0.39, 0.29) is 5.91 Å². The quantitative estimate of drug-likeness (QED) is 0.640. The highest BCUT2D eigenvalue weighted by Gasteiger charge is 2.04. The highest BCUT2D eigenvalue weighted by atomic mass is 16.3. The smallest absolute Gasteiger partial charge is 0.251 e. The fourth-order valence-electron chi connectivity index (χ4n) is 1.13. The van der Waals surface area contributed by atoms with Crippen molar-refractivity contribution in [3.05, 3.63) is 29.8 Å². The Morgan fingerprint density at radius 3 is 2.60 bits per heavy atom. The first-order valence-corrected chi connectivity index (χ1v) is 4.91. The lowest BCUT2D eigenvalue weighted by molar-refractivity contribution is 0.0945. The van der Waals surface area contributed by atoms with Gasteiger partial charge < -0.3 is 16.2 Å². The largest absolute Gasteiger partial charge is 0.399 e. The van der Waals surface area contributed by atoms with Gasteiger partial charge in [-0.25, -0.2) is 0 Å². The zero-order valence-electron chi connectivity index (χ0n) is 8.73. The van der Waals surface area contributed by atoms with E-state index >= 15 is 0 Å². The summed E-state index contributed by atoms with van der Waals surface area (Å²) in [6.07, 6.45) is 0.164. The Balaban J connectivity index is 2.43. The van der Waals surface area contributed by atoms with Crippen LogP contribution in [0.25, 0.3) is 0 Å². The van der Waals surface area contributed by atoms with Crippen LogP contribution < -0.4 is 11.1 Å². The molecule has 1 aromatic rings. The molecule has 1 rings (SSSR count). The number of aliphatic hydroxyl groups excluding tert-OH is 1. The third-order valence-electron chi connectivity index (χ3n) is 2.02. The number of nitrogens with two attached hydrogens (primary N) is 1. The fourth-order valence-corrected chi connectivity index (χ4v) is 1.13. The summed E-state index contributed by atoms with van der Waals surface area (Å²) in [5.74, 6) is -0.143. The Kier molecular flexibility index (Phi) is 4.12. The third kappa shape index (κ3) is 3.99. The second kappa shape index (κ2) is 5.36. The molecular weight excluding hydrogens is 192 g/mol. The lowest BCUT2D eigenvalue weighted by atomic mass is 10.2. The Hall–Kier alpha value is -1.55. The molecule has 1 atom stereocenters. The van der Waals surface area contributed by atoms with Gasteiger partial charge in [-0.3, -0.25) is 4.79 Å². The Morgan fingerprint density at radius 2 is 2.07 bits per heavy atom. The monoisotopic (exact) mass is 208 g/mol. The van der Waals surface area contributed by atoms with Crippen LogP contribution >= 0.6 is 0 Å². The maximum Gasteiger partial charge on any atom is 0.251 e. The average molecular weight is 208 g/mol. The standard InChI is InChI=1S/C11H16N2O2/c1-8(14)6-7-13-11(15)9-2-4-10(12)5-3-9/h2-5,8,14H,6-7,12H2,1H3,(H,13,15). The molecule has 15 heavy (non-hydrogen) atoms. The molecule has 0 aliphatic carbocycles. The van der Waals surface area contributed by atoms with Crippen LogP contribution in [-0.4, -0.2) is 23.7 Å². The molecule has 0 heterocycles. The van der Waals surface area contributed by atoms with Crippen LogP contribution in [0.3, 0.4) is 0 Å². The summed E-state index contributed by atoms with van der Waals surface area (Å²) in [5, 5.41) is 11.7. The first-order chi connectivity index (χ1) is 7.09. The normalized spacial score (nSPS) is 12.1. The van der Waals surface area contributed by atoms with Gasteiger partial charge in [-0.1, -0.05) is 0 Å². The summed E-state index contributed by atoms with van der Waals surface area (Å²) in [7, 11) is 0. The number of nitrogens with one attached hydrogen (secondary N) is 1. The molecular formula is C11H16N2O2. The van der Waals surface area contributed by atoms with E-state index in [4.69, 9.17) is 10.8 Å². The second-order valence-electron chi connectivity index (χ2n) is 3.52. The van der Waals surface area contributed by atoms with E-state index in [1.807, 2.05) is 0 Å². The molecule has 0 aliphatic rings. The first-order valence-electron chi connectivity index (χ1n) is 4.91. The SMILES string of the molecule is CC(O)CCNC(=O)c1ccc(N)cc1. The molecule has 0 spiro atoms. The number of benzene rings is 1. The van der Waals surface area contributed by atoms with E-state index in [0.717, 1.165) is 0 Å². The van der Waals surface area contributed by atoms with Crippen molar-refractivity contribution < 1.29 is 9.90 Å². The predicted octanol–water partition coefficient (Wildman–Crippen LogP) is 0.770.